The standard InChI is InChI=1S/C16H20FN3O.HI/c1-2-18-16(20-12-15-4-3-11-21-15)19-10-9-13-5-7-14(17)8-6-13;/h3-8,11H,2,9-10,12H2,1H3,(H2,18,19,20);1H. The molecule has 2 N–H and O–H groups in total. The highest BCUT2D eigenvalue weighted by atomic mass is 127. The third kappa shape index (κ3) is 6.46. The Morgan fingerprint density at radius 3 is 2.59 bits per heavy atom. The zero-order valence-electron chi connectivity index (χ0n) is 12.5. The molecule has 0 unspecified atom stereocenters. The first-order chi connectivity index (χ1) is 10.3. The van der Waals surface area contributed by atoms with Crippen molar-refractivity contribution in [2.45, 2.75) is 19.9 Å². The van der Waals surface area contributed by atoms with Gasteiger partial charge in [0.15, 0.2) is 5.96 Å². The maximum atomic E-state index is 12.8. The zero-order chi connectivity index (χ0) is 14.9. The summed E-state index contributed by atoms with van der Waals surface area (Å²) in [5.41, 5.74) is 1.09. The lowest BCUT2D eigenvalue weighted by Crippen LogP contribution is -2.38. The van der Waals surface area contributed by atoms with Gasteiger partial charge in [-0.2, -0.15) is 0 Å². The van der Waals surface area contributed by atoms with Gasteiger partial charge in [0.05, 0.1) is 6.26 Å². The van der Waals surface area contributed by atoms with Crippen LogP contribution in [0.5, 0.6) is 0 Å². The third-order valence-electron chi connectivity index (χ3n) is 2.94. The molecule has 1 aromatic carbocycles. The minimum atomic E-state index is -0.208. The fraction of sp³-hybridized carbons (Fsp3) is 0.312. The first-order valence-electron chi connectivity index (χ1n) is 7.07. The molecule has 120 valence electrons. The van der Waals surface area contributed by atoms with Crippen LogP contribution in [0, 0.1) is 5.82 Å². The molecule has 0 radical (unpaired) electrons. The lowest BCUT2D eigenvalue weighted by molar-refractivity contribution is 0.512. The van der Waals surface area contributed by atoms with Crippen LogP contribution in [-0.2, 0) is 13.0 Å². The zero-order valence-corrected chi connectivity index (χ0v) is 14.8. The Balaban J connectivity index is 0.00000242. The number of aliphatic imine (C=N–C) groups is 1. The van der Waals surface area contributed by atoms with Gasteiger partial charge in [-0.3, -0.25) is 0 Å². The first kappa shape index (κ1) is 18.5. The van der Waals surface area contributed by atoms with Crippen molar-refractivity contribution >= 4 is 29.9 Å². The molecule has 6 heteroatoms. The molecule has 2 aromatic rings. The Labute approximate surface area is 147 Å². The number of furan rings is 1. The van der Waals surface area contributed by atoms with Gasteiger partial charge in [-0.15, -0.1) is 24.0 Å². The van der Waals surface area contributed by atoms with E-state index < -0.39 is 0 Å². The molecule has 0 bridgehead atoms. The summed E-state index contributed by atoms with van der Waals surface area (Å²) in [6.07, 6.45) is 2.45. The Hall–Kier alpha value is -1.57. The van der Waals surface area contributed by atoms with E-state index in [-0.39, 0.29) is 29.8 Å². The summed E-state index contributed by atoms with van der Waals surface area (Å²) in [5.74, 6) is 1.36. The number of hydrogen-bond acceptors (Lipinski definition) is 2. The van der Waals surface area contributed by atoms with E-state index >= 15 is 0 Å². The molecular formula is C16H21FIN3O. The van der Waals surface area contributed by atoms with Crippen LogP contribution in [0.25, 0.3) is 0 Å². The third-order valence-corrected chi connectivity index (χ3v) is 2.94. The summed E-state index contributed by atoms with van der Waals surface area (Å²) < 4.78 is 18.1. The van der Waals surface area contributed by atoms with E-state index in [1.165, 1.54) is 12.1 Å². The molecule has 0 amide bonds. The van der Waals surface area contributed by atoms with E-state index in [1.54, 1.807) is 18.4 Å². The van der Waals surface area contributed by atoms with E-state index in [0.717, 1.165) is 36.8 Å². The highest BCUT2D eigenvalue weighted by molar-refractivity contribution is 14.0. The highest BCUT2D eigenvalue weighted by Crippen LogP contribution is 2.03. The summed E-state index contributed by atoms with van der Waals surface area (Å²) in [5, 5.41) is 6.43. The quantitative estimate of drug-likeness (QED) is 0.431. The van der Waals surface area contributed by atoms with Gasteiger partial charge in [0.25, 0.3) is 0 Å². The Morgan fingerprint density at radius 2 is 1.95 bits per heavy atom. The van der Waals surface area contributed by atoms with Gasteiger partial charge >= 0.3 is 0 Å². The van der Waals surface area contributed by atoms with Crippen LogP contribution < -0.4 is 10.6 Å². The van der Waals surface area contributed by atoms with E-state index in [0.29, 0.717) is 6.54 Å². The SMILES string of the molecule is CCNC(=NCc1ccco1)NCCc1ccc(F)cc1.I. The van der Waals surface area contributed by atoms with Crippen LogP contribution in [0.2, 0.25) is 0 Å². The lowest BCUT2D eigenvalue weighted by Gasteiger charge is -2.11. The van der Waals surface area contributed by atoms with Gasteiger partial charge in [-0.25, -0.2) is 9.38 Å². The van der Waals surface area contributed by atoms with Crippen LogP contribution in [0.4, 0.5) is 4.39 Å². The number of guanidine groups is 1. The van der Waals surface area contributed by atoms with Crippen LogP contribution >= 0.6 is 24.0 Å². The molecule has 4 nitrogen and oxygen atoms in total. The maximum Gasteiger partial charge on any atom is 0.191 e. The van der Waals surface area contributed by atoms with Gasteiger partial charge in [0.1, 0.15) is 18.1 Å². The van der Waals surface area contributed by atoms with Crippen molar-refractivity contribution in [3.05, 3.63) is 59.8 Å². The highest BCUT2D eigenvalue weighted by Gasteiger charge is 1.99. The van der Waals surface area contributed by atoms with Gasteiger partial charge < -0.3 is 15.1 Å². The van der Waals surface area contributed by atoms with Gasteiger partial charge in [-0.1, -0.05) is 12.1 Å². The molecule has 0 fully saturated rings. The summed E-state index contributed by atoms with van der Waals surface area (Å²) in [6.45, 7) is 4.04. The van der Waals surface area contributed by atoms with E-state index in [4.69, 9.17) is 4.42 Å². The van der Waals surface area contributed by atoms with E-state index in [9.17, 15) is 4.39 Å². The van der Waals surface area contributed by atoms with Crippen molar-refractivity contribution < 1.29 is 8.81 Å². The summed E-state index contributed by atoms with van der Waals surface area (Å²) in [7, 11) is 0. The molecule has 0 saturated carbocycles. The number of nitrogens with one attached hydrogen (secondary N) is 2. The predicted molar refractivity (Wildman–Crippen MR) is 97.0 cm³/mol. The molecule has 22 heavy (non-hydrogen) atoms. The molecule has 0 saturated heterocycles. The van der Waals surface area contributed by atoms with Crippen molar-refractivity contribution in [3.8, 4) is 0 Å². The molecule has 0 atom stereocenters. The van der Waals surface area contributed by atoms with E-state index in [2.05, 4.69) is 15.6 Å². The topological polar surface area (TPSA) is 49.6 Å². The normalized spacial score (nSPS) is 10.9. The summed E-state index contributed by atoms with van der Waals surface area (Å²) in [4.78, 5) is 4.44. The number of halogens is 2. The Bertz CT molecular complexity index is 555. The van der Waals surface area contributed by atoms with Crippen molar-refractivity contribution in [2.75, 3.05) is 13.1 Å². The summed E-state index contributed by atoms with van der Waals surface area (Å²) in [6, 6.07) is 10.3. The van der Waals surface area contributed by atoms with Gasteiger partial charge in [0.2, 0.25) is 0 Å². The van der Waals surface area contributed by atoms with Crippen molar-refractivity contribution in [1.82, 2.24) is 10.6 Å². The van der Waals surface area contributed by atoms with Gasteiger partial charge in [0, 0.05) is 13.1 Å². The van der Waals surface area contributed by atoms with Crippen LogP contribution in [0.3, 0.4) is 0 Å². The minimum absolute atomic E-state index is 0. The second-order valence-corrected chi connectivity index (χ2v) is 4.58. The average Bonchev–Trinajstić information content (AvgIpc) is 3.00. The molecule has 0 aliphatic heterocycles. The summed E-state index contributed by atoms with van der Waals surface area (Å²) >= 11 is 0. The van der Waals surface area contributed by atoms with Crippen molar-refractivity contribution in [3.63, 3.8) is 0 Å². The van der Waals surface area contributed by atoms with E-state index in [1.807, 2.05) is 19.1 Å². The fourth-order valence-electron chi connectivity index (χ4n) is 1.88. The van der Waals surface area contributed by atoms with Crippen molar-refractivity contribution in [2.24, 2.45) is 4.99 Å². The van der Waals surface area contributed by atoms with Crippen LogP contribution in [0.15, 0.2) is 52.1 Å². The minimum Gasteiger partial charge on any atom is -0.467 e. The second kappa shape index (κ2) is 10.2. The Morgan fingerprint density at radius 1 is 1.18 bits per heavy atom. The fourth-order valence-corrected chi connectivity index (χ4v) is 1.88. The van der Waals surface area contributed by atoms with Crippen LogP contribution in [-0.4, -0.2) is 19.0 Å². The number of benzene rings is 1. The number of nitrogens with zero attached hydrogens (tertiary/aromatic N) is 1. The molecule has 1 aromatic heterocycles. The molecule has 0 aliphatic carbocycles. The molecule has 0 spiro atoms. The predicted octanol–water partition coefficient (Wildman–Crippen LogP) is 3.33. The largest absolute Gasteiger partial charge is 0.467 e. The first-order valence-corrected chi connectivity index (χ1v) is 7.07. The molecule has 1 heterocycles. The van der Waals surface area contributed by atoms with Crippen LogP contribution in [0.1, 0.15) is 18.2 Å². The maximum absolute atomic E-state index is 12.8. The van der Waals surface area contributed by atoms with Gasteiger partial charge in [-0.05, 0) is 43.2 Å². The molecule has 0 aliphatic rings. The second-order valence-electron chi connectivity index (χ2n) is 4.58. The molecule has 2 rings (SSSR count). The number of hydrogen-bond donors (Lipinski definition) is 2. The monoisotopic (exact) mass is 417 g/mol. The molecular weight excluding hydrogens is 396 g/mol. The average molecular weight is 417 g/mol. The lowest BCUT2D eigenvalue weighted by atomic mass is 10.1. The smallest absolute Gasteiger partial charge is 0.191 e. The Kier molecular flexibility index (Phi) is 8.57. The van der Waals surface area contributed by atoms with Crippen molar-refractivity contribution in [1.29, 1.82) is 0 Å². The number of rotatable bonds is 6.